The Morgan fingerprint density at radius 2 is 2.06 bits per heavy atom. The molecular weight excluding hydrogens is 283 g/mol. The number of aryl methyl sites for hydroxylation is 1. The molecule has 1 aromatic heterocycles. The van der Waals surface area contributed by atoms with E-state index in [2.05, 4.69) is 20.9 Å². The first-order chi connectivity index (χ1) is 8.11. The summed E-state index contributed by atoms with van der Waals surface area (Å²) in [6, 6.07) is 8.30. The summed E-state index contributed by atoms with van der Waals surface area (Å²) in [5.41, 5.74) is 8.17. The standard InChI is InChI=1S/C13H12BrFN2/c1-8-4-3-7-17-13(8)12(16)9-5-2-6-10(14)11(9)15/h2-7,12H,16H2,1H3. The van der Waals surface area contributed by atoms with Gasteiger partial charge in [0.2, 0.25) is 0 Å². The number of pyridine rings is 1. The fourth-order valence-electron chi connectivity index (χ4n) is 1.73. The number of halogens is 2. The molecule has 1 heterocycles. The Bertz CT molecular complexity index is 543. The second kappa shape index (κ2) is 4.94. The van der Waals surface area contributed by atoms with Crippen LogP contribution >= 0.6 is 15.9 Å². The normalized spacial score (nSPS) is 12.5. The number of rotatable bonds is 2. The summed E-state index contributed by atoms with van der Waals surface area (Å²) in [5.74, 6) is -0.329. The lowest BCUT2D eigenvalue weighted by atomic mass is 10.0. The van der Waals surface area contributed by atoms with Crippen LogP contribution in [0.3, 0.4) is 0 Å². The zero-order valence-electron chi connectivity index (χ0n) is 9.32. The molecule has 0 aliphatic heterocycles. The van der Waals surface area contributed by atoms with Gasteiger partial charge in [0.05, 0.1) is 16.2 Å². The van der Waals surface area contributed by atoms with Crippen molar-refractivity contribution in [3.63, 3.8) is 0 Å². The molecule has 1 atom stereocenters. The molecular formula is C13H12BrFN2. The van der Waals surface area contributed by atoms with Crippen molar-refractivity contribution < 1.29 is 4.39 Å². The van der Waals surface area contributed by atoms with Gasteiger partial charge in [0, 0.05) is 11.8 Å². The fraction of sp³-hybridized carbons (Fsp3) is 0.154. The third kappa shape index (κ3) is 2.37. The summed E-state index contributed by atoms with van der Waals surface area (Å²) in [6.45, 7) is 1.91. The molecule has 0 spiro atoms. The molecule has 0 saturated heterocycles. The first-order valence-electron chi connectivity index (χ1n) is 5.22. The SMILES string of the molecule is Cc1cccnc1C(N)c1cccc(Br)c1F. The monoisotopic (exact) mass is 294 g/mol. The summed E-state index contributed by atoms with van der Waals surface area (Å²) in [7, 11) is 0. The van der Waals surface area contributed by atoms with Crippen molar-refractivity contribution in [3.8, 4) is 0 Å². The van der Waals surface area contributed by atoms with Crippen LogP contribution in [0.2, 0.25) is 0 Å². The third-order valence-corrected chi connectivity index (χ3v) is 3.27. The van der Waals surface area contributed by atoms with E-state index >= 15 is 0 Å². The molecule has 0 fully saturated rings. The Balaban J connectivity index is 2.48. The van der Waals surface area contributed by atoms with Gasteiger partial charge in [-0.2, -0.15) is 0 Å². The maximum absolute atomic E-state index is 13.9. The minimum atomic E-state index is -0.548. The number of nitrogens with two attached hydrogens (primary N) is 1. The highest BCUT2D eigenvalue weighted by Crippen LogP contribution is 2.26. The van der Waals surface area contributed by atoms with Gasteiger partial charge in [-0.05, 0) is 40.5 Å². The number of benzene rings is 1. The molecule has 2 N–H and O–H groups in total. The molecule has 1 unspecified atom stereocenters. The van der Waals surface area contributed by atoms with Gasteiger partial charge in [-0.25, -0.2) is 4.39 Å². The van der Waals surface area contributed by atoms with Crippen molar-refractivity contribution in [2.45, 2.75) is 13.0 Å². The van der Waals surface area contributed by atoms with Crippen molar-refractivity contribution in [1.29, 1.82) is 0 Å². The van der Waals surface area contributed by atoms with Crippen LogP contribution in [0.1, 0.15) is 22.9 Å². The van der Waals surface area contributed by atoms with Crippen LogP contribution in [0.25, 0.3) is 0 Å². The molecule has 4 heteroatoms. The Labute approximate surface area is 108 Å². The summed E-state index contributed by atoms with van der Waals surface area (Å²) < 4.78 is 14.3. The van der Waals surface area contributed by atoms with Gasteiger partial charge < -0.3 is 5.73 Å². The smallest absolute Gasteiger partial charge is 0.142 e. The first-order valence-corrected chi connectivity index (χ1v) is 6.01. The van der Waals surface area contributed by atoms with Gasteiger partial charge in [0.1, 0.15) is 5.82 Å². The van der Waals surface area contributed by atoms with Crippen molar-refractivity contribution >= 4 is 15.9 Å². The van der Waals surface area contributed by atoms with E-state index in [1.807, 2.05) is 19.1 Å². The fourth-order valence-corrected chi connectivity index (χ4v) is 2.11. The van der Waals surface area contributed by atoms with Crippen LogP contribution in [0.5, 0.6) is 0 Å². The quantitative estimate of drug-likeness (QED) is 0.923. The maximum atomic E-state index is 13.9. The van der Waals surface area contributed by atoms with Gasteiger partial charge in [0.25, 0.3) is 0 Å². The van der Waals surface area contributed by atoms with E-state index in [-0.39, 0.29) is 5.82 Å². The van der Waals surface area contributed by atoms with Crippen LogP contribution in [0.4, 0.5) is 4.39 Å². The topological polar surface area (TPSA) is 38.9 Å². The van der Waals surface area contributed by atoms with E-state index in [1.54, 1.807) is 24.4 Å². The Hall–Kier alpha value is -1.26. The molecule has 0 bridgehead atoms. The lowest BCUT2D eigenvalue weighted by molar-refractivity contribution is 0.590. The predicted molar refractivity (Wildman–Crippen MR) is 69.1 cm³/mol. The molecule has 2 aromatic rings. The molecule has 0 aliphatic carbocycles. The molecule has 88 valence electrons. The van der Waals surface area contributed by atoms with Gasteiger partial charge in [-0.1, -0.05) is 18.2 Å². The number of hydrogen-bond acceptors (Lipinski definition) is 2. The van der Waals surface area contributed by atoms with Crippen molar-refractivity contribution in [2.24, 2.45) is 5.73 Å². The molecule has 0 amide bonds. The van der Waals surface area contributed by atoms with Gasteiger partial charge in [-0.15, -0.1) is 0 Å². The van der Waals surface area contributed by atoms with Gasteiger partial charge >= 0.3 is 0 Å². The van der Waals surface area contributed by atoms with Crippen LogP contribution in [0, 0.1) is 12.7 Å². The second-order valence-corrected chi connectivity index (χ2v) is 4.68. The van der Waals surface area contributed by atoms with Crippen molar-refractivity contribution in [2.75, 3.05) is 0 Å². The molecule has 1 aromatic carbocycles. The van der Waals surface area contributed by atoms with E-state index in [4.69, 9.17) is 5.73 Å². The Morgan fingerprint density at radius 1 is 1.29 bits per heavy atom. The Kier molecular flexibility index (Phi) is 3.54. The highest BCUT2D eigenvalue weighted by molar-refractivity contribution is 9.10. The van der Waals surface area contributed by atoms with Gasteiger partial charge in [-0.3, -0.25) is 4.98 Å². The summed E-state index contributed by atoms with van der Waals surface area (Å²) >= 11 is 3.15. The van der Waals surface area contributed by atoms with E-state index in [1.165, 1.54) is 0 Å². The number of hydrogen-bond donors (Lipinski definition) is 1. The summed E-state index contributed by atoms with van der Waals surface area (Å²) in [4.78, 5) is 4.22. The number of aromatic nitrogens is 1. The van der Waals surface area contributed by atoms with Crippen LogP contribution in [0.15, 0.2) is 41.0 Å². The lowest BCUT2D eigenvalue weighted by Crippen LogP contribution is -2.16. The van der Waals surface area contributed by atoms with E-state index in [0.717, 1.165) is 5.56 Å². The third-order valence-electron chi connectivity index (χ3n) is 2.66. The molecule has 0 radical (unpaired) electrons. The Morgan fingerprint density at radius 3 is 2.76 bits per heavy atom. The van der Waals surface area contributed by atoms with Crippen LogP contribution in [-0.4, -0.2) is 4.98 Å². The zero-order valence-corrected chi connectivity index (χ0v) is 10.9. The minimum absolute atomic E-state index is 0.329. The second-order valence-electron chi connectivity index (χ2n) is 3.83. The zero-order chi connectivity index (χ0) is 12.4. The molecule has 0 aliphatic rings. The average molecular weight is 295 g/mol. The lowest BCUT2D eigenvalue weighted by Gasteiger charge is -2.15. The summed E-state index contributed by atoms with van der Waals surface area (Å²) in [6.07, 6.45) is 1.66. The maximum Gasteiger partial charge on any atom is 0.142 e. The molecule has 2 rings (SSSR count). The van der Waals surface area contributed by atoms with Crippen LogP contribution < -0.4 is 5.73 Å². The van der Waals surface area contributed by atoms with Gasteiger partial charge in [0.15, 0.2) is 0 Å². The largest absolute Gasteiger partial charge is 0.319 e. The highest BCUT2D eigenvalue weighted by atomic mass is 79.9. The van der Waals surface area contributed by atoms with Crippen molar-refractivity contribution in [1.82, 2.24) is 4.98 Å². The predicted octanol–water partition coefficient (Wildman–Crippen LogP) is 3.34. The molecule has 17 heavy (non-hydrogen) atoms. The number of nitrogens with zero attached hydrogens (tertiary/aromatic N) is 1. The highest BCUT2D eigenvalue weighted by Gasteiger charge is 2.17. The average Bonchev–Trinajstić information content (AvgIpc) is 2.32. The van der Waals surface area contributed by atoms with E-state index in [9.17, 15) is 4.39 Å². The first kappa shape index (κ1) is 12.2. The minimum Gasteiger partial charge on any atom is -0.319 e. The summed E-state index contributed by atoms with van der Waals surface area (Å²) in [5, 5.41) is 0. The molecule has 2 nitrogen and oxygen atoms in total. The van der Waals surface area contributed by atoms with E-state index in [0.29, 0.717) is 15.7 Å². The van der Waals surface area contributed by atoms with Crippen LogP contribution in [-0.2, 0) is 0 Å². The molecule has 0 saturated carbocycles. The van der Waals surface area contributed by atoms with E-state index < -0.39 is 6.04 Å². The van der Waals surface area contributed by atoms with Crippen molar-refractivity contribution in [3.05, 3.63) is 63.6 Å².